The zero-order valence-electron chi connectivity index (χ0n) is 7.38. The molecule has 74 valence electrons. The lowest BCUT2D eigenvalue weighted by Gasteiger charge is -2.13. The van der Waals surface area contributed by atoms with Crippen molar-refractivity contribution in [3.8, 4) is 0 Å². The zero-order chi connectivity index (χ0) is 9.61. The minimum absolute atomic E-state index is 0.0319. The maximum Gasteiger partial charge on any atom is 0.221 e. The predicted octanol–water partition coefficient (Wildman–Crippen LogP) is 0.210. The minimum atomic E-state index is -3.08. The lowest BCUT2D eigenvalue weighted by molar-refractivity contribution is 0.358. The second kappa shape index (κ2) is 5.90. The van der Waals surface area contributed by atoms with Gasteiger partial charge in [0.05, 0.1) is 0 Å². The standard InChI is InChI=1S/C6H15BrN2O2S/c1-3-9(2)5-4-8-12(10,11)6-7/h8H,3-6H2,1-2H3. The van der Waals surface area contributed by atoms with Crippen molar-refractivity contribution in [3.05, 3.63) is 0 Å². The molecule has 0 aromatic heterocycles. The number of halogens is 1. The third-order valence-electron chi connectivity index (χ3n) is 1.50. The van der Waals surface area contributed by atoms with Crippen LogP contribution in [0.1, 0.15) is 6.92 Å². The molecule has 0 heterocycles. The summed E-state index contributed by atoms with van der Waals surface area (Å²) in [6, 6.07) is 0. The van der Waals surface area contributed by atoms with E-state index in [-0.39, 0.29) is 4.66 Å². The third-order valence-corrected chi connectivity index (χ3v) is 4.24. The lowest BCUT2D eigenvalue weighted by Crippen LogP contribution is -2.33. The topological polar surface area (TPSA) is 49.4 Å². The van der Waals surface area contributed by atoms with E-state index in [4.69, 9.17) is 0 Å². The zero-order valence-corrected chi connectivity index (χ0v) is 9.78. The largest absolute Gasteiger partial charge is 0.305 e. The Bertz CT molecular complexity index is 206. The summed E-state index contributed by atoms with van der Waals surface area (Å²) >= 11 is 2.89. The average Bonchev–Trinajstić information content (AvgIpc) is 2.04. The van der Waals surface area contributed by atoms with E-state index in [1.54, 1.807) is 0 Å². The van der Waals surface area contributed by atoms with Gasteiger partial charge in [0.2, 0.25) is 10.0 Å². The lowest BCUT2D eigenvalue weighted by atomic mass is 10.5. The van der Waals surface area contributed by atoms with Gasteiger partial charge in [0.1, 0.15) is 4.66 Å². The van der Waals surface area contributed by atoms with Crippen LogP contribution >= 0.6 is 15.9 Å². The molecule has 0 aliphatic carbocycles. The number of nitrogens with zero attached hydrogens (tertiary/aromatic N) is 1. The Kier molecular flexibility index (Phi) is 6.08. The van der Waals surface area contributed by atoms with Crippen molar-refractivity contribution in [1.82, 2.24) is 9.62 Å². The summed E-state index contributed by atoms with van der Waals surface area (Å²) in [4.78, 5) is 2.04. The molecule has 0 atom stereocenters. The molecule has 0 unspecified atom stereocenters. The van der Waals surface area contributed by atoms with Gasteiger partial charge < -0.3 is 4.90 Å². The van der Waals surface area contributed by atoms with E-state index in [1.807, 2.05) is 18.9 Å². The predicted molar refractivity (Wildman–Crippen MR) is 53.9 cm³/mol. The number of nitrogens with one attached hydrogen (secondary N) is 1. The van der Waals surface area contributed by atoms with Gasteiger partial charge in [-0.25, -0.2) is 13.1 Å². The Morgan fingerprint density at radius 3 is 2.50 bits per heavy atom. The molecular weight excluding hydrogens is 244 g/mol. The van der Waals surface area contributed by atoms with Gasteiger partial charge >= 0.3 is 0 Å². The number of sulfonamides is 1. The van der Waals surface area contributed by atoms with Gasteiger partial charge in [-0.1, -0.05) is 22.9 Å². The quantitative estimate of drug-likeness (QED) is 0.694. The second-order valence-corrected chi connectivity index (χ2v) is 5.62. The highest BCUT2D eigenvalue weighted by Crippen LogP contribution is 1.90. The van der Waals surface area contributed by atoms with Gasteiger partial charge in [0.15, 0.2) is 0 Å². The summed E-state index contributed by atoms with van der Waals surface area (Å²) < 4.78 is 24.2. The molecule has 1 N–H and O–H groups in total. The molecule has 0 radical (unpaired) electrons. The molecular formula is C6H15BrN2O2S. The first kappa shape index (κ1) is 12.3. The van der Waals surface area contributed by atoms with Gasteiger partial charge in [0, 0.05) is 13.1 Å². The Hall–Kier alpha value is 0.350. The minimum Gasteiger partial charge on any atom is -0.305 e. The molecule has 0 spiro atoms. The highest BCUT2D eigenvalue weighted by Gasteiger charge is 2.05. The Labute approximate surface area is 82.5 Å². The van der Waals surface area contributed by atoms with Crippen LogP contribution in [0.4, 0.5) is 0 Å². The SMILES string of the molecule is CCN(C)CCNS(=O)(=O)CBr. The first-order valence-corrected chi connectivity index (χ1v) is 6.51. The smallest absolute Gasteiger partial charge is 0.221 e. The van der Waals surface area contributed by atoms with E-state index in [2.05, 4.69) is 20.7 Å². The van der Waals surface area contributed by atoms with Gasteiger partial charge in [0.25, 0.3) is 0 Å². The number of likely N-dealkylation sites (N-methyl/N-ethyl adjacent to an activating group) is 1. The summed E-state index contributed by atoms with van der Waals surface area (Å²) in [5.74, 6) is 0. The van der Waals surface area contributed by atoms with E-state index in [0.29, 0.717) is 6.54 Å². The van der Waals surface area contributed by atoms with Crippen LogP contribution in [0, 0.1) is 0 Å². The van der Waals surface area contributed by atoms with E-state index >= 15 is 0 Å². The molecule has 6 heteroatoms. The number of hydrogen-bond acceptors (Lipinski definition) is 3. The van der Waals surface area contributed by atoms with Crippen molar-refractivity contribution in [2.24, 2.45) is 0 Å². The molecule has 0 saturated heterocycles. The molecule has 0 aromatic rings. The highest BCUT2D eigenvalue weighted by molar-refractivity contribution is 9.10. The van der Waals surface area contributed by atoms with Gasteiger partial charge in [-0.15, -0.1) is 0 Å². The van der Waals surface area contributed by atoms with Crippen LogP contribution in [0.5, 0.6) is 0 Å². The fourth-order valence-corrected chi connectivity index (χ4v) is 1.55. The first-order chi connectivity index (χ1) is 5.52. The molecule has 0 fully saturated rings. The third kappa shape index (κ3) is 5.93. The maximum atomic E-state index is 10.9. The second-order valence-electron chi connectivity index (χ2n) is 2.51. The van der Waals surface area contributed by atoms with Crippen LogP contribution < -0.4 is 4.72 Å². The Morgan fingerprint density at radius 2 is 2.08 bits per heavy atom. The fraction of sp³-hybridized carbons (Fsp3) is 1.00. The van der Waals surface area contributed by atoms with Crippen LogP contribution in [-0.4, -0.2) is 44.7 Å². The van der Waals surface area contributed by atoms with Crippen molar-refractivity contribution >= 4 is 26.0 Å². The monoisotopic (exact) mass is 258 g/mol. The maximum absolute atomic E-state index is 10.9. The summed E-state index contributed by atoms with van der Waals surface area (Å²) in [5, 5.41) is 0. The number of rotatable bonds is 6. The number of hydrogen-bond donors (Lipinski definition) is 1. The first-order valence-electron chi connectivity index (χ1n) is 3.73. The summed E-state index contributed by atoms with van der Waals surface area (Å²) in [5.41, 5.74) is 0. The molecule has 0 saturated carbocycles. The van der Waals surface area contributed by atoms with Crippen LogP contribution in [-0.2, 0) is 10.0 Å². The van der Waals surface area contributed by atoms with Crippen LogP contribution in [0.3, 0.4) is 0 Å². The van der Waals surface area contributed by atoms with Crippen molar-refractivity contribution in [2.45, 2.75) is 6.92 Å². The summed E-state index contributed by atoms with van der Waals surface area (Å²) in [6.45, 7) is 4.16. The molecule has 0 rings (SSSR count). The van der Waals surface area contributed by atoms with Crippen molar-refractivity contribution in [1.29, 1.82) is 0 Å². The summed E-state index contributed by atoms with van der Waals surface area (Å²) in [7, 11) is -1.14. The van der Waals surface area contributed by atoms with Crippen LogP contribution in [0.2, 0.25) is 0 Å². The molecule has 4 nitrogen and oxygen atoms in total. The van der Waals surface area contributed by atoms with E-state index < -0.39 is 10.0 Å². The van der Waals surface area contributed by atoms with Crippen LogP contribution in [0.15, 0.2) is 0 Å². The fourth-order valence-electron chi connectivity index (χ4n) is 0.589. The molecule has 0 aromatic carbocycles. The van der Waals surface area contributed by atoms with Gasteiger partial charge in [-0.2, -0.15) is 0 Å². The van der Waals surface area contributed by atoms with Crippen molar-refractivity contribution in [2.75, 3.05) is 31.3 Å². The average molecular weight is 259 g/mol. The van der Waals surface area contributed by atoms with Crippen molar-refractivity contribution < 1.29 is 8.42 Å². The Morgan fingerprint density at radius 1 is 1.50 bits per heavy atom. The summed E-state index contributed by atoms with van der Waals surface area (Å²) in [6.07, 6.45) is 0. The van der Waals surface area contributed by atoms with Crippen LogP contribution in [0.25, 0.3) is 0 Å². The van der Waals surface area contributed by atoms with Gasteiger partial charge in [-0.3, -0.25) is 0 Å². The van der Waals surface area contributed by atoms with E-state index in [9.17, 15) is 8.42 Å². The van der Waals surface area contributed by atoms with Crippen molar-refractivity contribution in [3.63, 3.8) is 0 Å². The molecule has 0 amide bonds. The highest BCUT2D eigenvalue weighted by atomic mass is 79.9. The van der Waals surface area contributed by atoms with Gasteiger partial charge in [-0.05, 0) is 13.6 Å². The van der Waals surface area contributed by atoms with E-state index in [1.165, 1.54) is 0 Å². The van der Waals surface area contributed by atoms with E-state index in [0.717, 1.165) is 13.1 Å². The molecule has 0 aliphatic rings. The number of alkyl halides is 1. The Balaban J connectivity index is 3.57. The molecule has 12 heavy (non-hydrogen) atoms. The molecule has 0 aliphatic heterocycles. The normalized spacial score (nSPS) is 12.3. The molecule has 0 bridgehead atoms.